The van der Waals surface area contributed by atoms with Gasteiger partial charge >= 0.3 is 0 Å². The molecule has 0 atom stereocenters. The summed E-state index contributed by atoms with van der Waals surface area (Å²) in [6.07, 6.45) is -1.04. The topological polar surface area (TPSA) is 38.1 Å². The number of halogens is 4. The molecule has 4 nitrogen and oxygen atoms in total. The first-order valence-corrected chi connectivity index (χ1v) is 8.37. The van der Waals surface area contributed by atoms with E-state index in [0.717, 1.165) is 0 Å². The van der Waals surface area contributed by atoms with Crippen molar-refractivity contribution in [1.82, 2.24) is 14.5 Å². The molecule has 1 fully saturated rings. The van der Waals surface area contributed by atoms with Crippen molar-refractivity contribution in [2.45, 2.75) is 19.1 Å². The van der Waals surface area contributed by atoms with Crippen molar-refractivity contribution in [2.75, 3.05) is 13.1 Å². The number of pyridine rings is 1. The molecule has 140 valence electrons. The van der Waals surface area contributed by atoms with E-state index in [4.69, 9.17) is 0 Å². The van der Waals surface area contributed by atoms with Gasteiger partial charge in [-0.2, -0.15) is 0 Å². The fourth-order valence-corrected chi connectivity index (χ4v) is 3.14. The summed E-state index contributed by atoms with van der Waals surface area (Å²) in [5.41, 5.74) is 1.39. The second kappa shape index (κ2) is 6.68. The quantitative estimate of drug-likeness (QED) is 0.646. The number of hydrogen-bond donors (Lipinski definition) is 0. The predicted octanol–water partition coefficient (Wildman–Crippen LogP) is 3.96. The number of carbonyl (C=O) groups excluding carboxylic acids is 1. The Labute approximate surface area is 152 Å². The molecule has 8 heteroatoms. The van der Waals surface area contributed by atoms with E-state index in [1.54, 1.807) is 12.1 Å². The first kappa shape index (κ1) is 17.5. The maximum atomic E-state index is 14.2. The van der Waals surface area contributed by atoms with E-state index >= 15 is 0 Å². The van der Waals surface area contributed by atoms with Crippen LogP contribution in [0.3, 0.4) is 0 Å². The van der Waals surface area contributed by atoms with Gasteiger partial charge in [-0.05, 0) is 17.7 Å². The van der Waals surface area contributed by atoms with Gasteiger partial charge in [0, 0.05) is 23.5 Å². The van der Waals surface area contributed by atoms with Crippen molar-refractivity contribution >= 4 is 16.9 Å². The van der Waals surface area contributed by atoms with Crippen LogP contribution in [0.4, 0.5) is 17.6 Å². The van der Waals surface area contributed by atoms with Crippen LogP contribution in [0.25, 0.3) is 22.2 Å². The molecule has 0 N–H and O–H groups in total. The zero-order valence-electron chi connectivity index (χ0n) is 14.1. The summed E-state index contributed by atoms with van der Waals surface area (Å²) in [6.45, 7) is -0.0514. The van der Waals surface area contributed by atoms with Gasteiger partial charge in [0.15, 0.2) is 5.82 Å². The lowest BCUT2D eigenvalue weighted by Crippen LogP contribution is -2.52. The maximum absolute atomic E-state index is 14.2. The molecule has 0 saturated carbocycles. The fraction of sp³-hybridized carbons (Fsp3) is 0.263. The molecule has 3 aromatic rings. The van der Waals surface area contributed by atoms with Gasteiger partial charge in [-0.3, -0.25) is 9.78 Å². The van der Waals surface area contributed by atoms with E-state index < -0.39 is 18.4 Å². The number of hydrogen-bond acceptors (Lipinski definition) is 2. The standard InChI is InChI=1S/C19H15F4N3O/c20-14-7-26(8-14)17(27)10-25-9-15(21)18-16(25)5-13(6-24-18)11-2-1-3-12(4-11)19(22)23/h1-6,9,14,19H,7-8,10H2. The fourth-order valence-electron chi connectivity index (χ4n) is 3.14. The Morgan fingerprint density at radius 1 is 1.22 bits per heavy atom. The minimum atomic E-state index is -2.60. The van der Waals surface area contributed by atoms with E-state index in [1.807, 2.05) is 0 Å². The molecular formula is C19H15F4N3O. The van der Waals surface area contributed by atoms with Gasteiger partial charge in [0.05, 0.1) is 18.6 Å². The van der Waals surface area contributed by atoms with Gasteiger partial charge in [0.1, 0.15) is 18.2 Å². The Morgan fingerprint density at radius 2 is 2.00 bits per heavy atom. The van der Waals surface area contributed by atoms with Crippen molar-refractivity contribution in [2.24, 2.45) is 0 Å². The molecule has 0 unspecified atom stereocenters. The average molecular weight is 377 g/mol. The molecule has 4 rings (SSSR count). The van der Waals surface area contributed by atoms with E-state index in [1.165, 1.54) is 40.1 Å². The van der Waals surface area contributed by atoms with E-state index in [9.17, 15) is 22.4 Å². The highest BCUT2D eigenvalue weighted by Gasteiger charge is 2.30. The summed E-state index contributed by atoms with van der Waals surface area (Å²) in [7, 11) is 0. The second-order valence-electron chi connectivity index (χ2n) is 6.52. The number of benzene rings is 1. The Morgan fingerprint density at radius 3 is 2.70 bits per heavy atom. The first-order chi connectivity index (χ1) is 12.9. The van der Waals surface area contributed by atoms with Crippen molar-refractivity contribution < 1.29 is 22.4 Å². The molecule has 1 amide bonds. The maximum Gasteiger partial charge on any atom is 0.263 e. The Balaban J connectivity index is 1.69. The summed E-state index contributed by atoms with van der Waals surface area (Å²) in [5, 5.41) is 0. The van der Waals surface area contributed by atoms with Crippen LogP contribution in [0, 0.1) is 5.82 Å². The van der Waals surface area contributed by atoms with Crippen molar-refractivity contribution in [1.29, 1.82) is 0 Å². The van der Waals surface area contributed by atoms with Crippen LogP contribution in [0.2, 0.25) is 0 Å². The minimum absolute atomic E-state index is 0.0461. The number of amides is 1. The van der Waals surface area contributed by atoms with Gasteiger partial charge in [-0.25, -0.2) is 17.6 Å². The number of likely N-dealkylation sites (tertiary alicyclic amines) is 1. The lowest BCUT2D eigenvalue weighted by Gasteiger charge is -2.34. The van der Waals surface area contributed by atoms with E-state index in [0.29, 0.717) is 16.6 Å². The first-order valence-electron chi connectivity index (χ1n) is 8.37. The number of fused-ring (bicyclic) bond motifs is 1. The van der Waals surface area contributed by atoms with E-state index in [2.05, 4.69) is 4.98 Å². The van der Waals surface area contributed by atoms with Crippen LogP contribution >= 0.6 is 0 Å². The van der Waals surface area contributed by atoms with Crippen LogP contribution in [0.1, 0.15) is 12.0 Å². The molecule has 0 bridgehead atoms. The monoisotopic (exact) mass is 377 g/mol. The smallest absolute Gasteiger partial charge is 0.263 e. The number of alkyl halides is 3. The molecule has 1 saturated heterocycles. The largest absolute Gasteiger partial charge is 0.335 e. The summed E-state index contributed by atoms with van der Waals surface area (Å²) in [5.74, 6) is -0.899. The summed E-state index contributed by atoms with van der Waals surface area (Å²) in [4.78, 5) is 17.6. The van der Waals surface area contributed by atoms with Crippen LogP contribution in [0.5, 0.6) is 0 Å². The Bertz CT molecular complexity index is 1010. The van der Waals surface area contributed by atoms with Crippen LogP contribution < -0.4 is 0 Å². The zero-order valence-corrected chi connectivity index (χ0v) is 14.1. The minimum Gasteiger partial charge on any atom is -0.335 e. The zero-order chi connectivity index (χ0) is 19.1. The number of carbonyl (C=O) groups is 1. The SMILES string of the molecule is O=C(Cn1cc(F)c2ncc(-c3cccc(C(F)F)c3)cc21)N1CC(F)C1. The second-order valence-corrected chi connectivity index (χ2v) is 6.52. The third kappa shape index (κ3) is 3.27. The van der Waals surface area contributed by atoms with Crippen LogP contribution in [0.15, 0.2) is 42.7 Å². The molecule has 0 aliphatic carbocycles. The average Bonchev–Trinajstić information content (AvgIpc) is 2.94. The molecule has 1 aliphatic rings. The predicted molar refractivity (Wildman–Crippen MR) is 91.6 cm³/mol. The molecule has 27 heavy (non-hydrogen) atoms. The normalized spacial score (nSPS) is 14.8. The van der Waals surface area contributed by atoms with Gasteiger partial charge in [0.25, 0.3) is 6.43 Å². The number of nitrogens with zero attached hydrogens (tertiary/aromatic N) is 3. The van der Waals surface area contributed by atoms with Crippen molar-refractivity contribution in [3.8, 4) is 11.1 Å². The van der Waals surface area contributed by atoms with Crippen LogP contribution in [-0.4, -0.2) is 39.6 Å². The number of aromatic nitrogens is 2. The third-order valence-electron chi connectivity index (χ3n) is 4.64. The molecule has 3 heterocycles. The Kier molecular flexibility index (Phi) is 4.33. The van der Waals surface area contributed by atoms with Crippen molar-refractivity contribution in [3.05, 3.63) is 54.1 Å². The van der Waals surface area contributed by atoms with E-state index in [-0.39, 0.29) is 36.6 Å². The Hall–Kier alpha value is -2.90. The van der Waals surface area contributed by atoms with Gasteiger partial charge in [-0.15, -0.1) is 0 Å². The lowest BCUT2D eigenvalue weighted by atomic mass is 10.0. The highest BCUT2D eigenvalue weighted by atomic mass is 19.3. The highest BCUT2D eigenvalue weighted by molar-refractivity contribution is 5.84. The van der Waals surface area contributed by atoms with Gasteiger partial charge < -0.3 is 9.47 Å². The molecular weight excluding hydrogens is 362 g/mol. The third-order valence-corrected chi connectivity index (χ3v) is 4.64. The highest BCUT2D eigenvalue weighted by Crippen LogP contribution is 2.28. The molecule has 1 aromatic carbocycles. The molecule has 1 aliphatic heterocycles. The summed E-state index contributed by atoms with van der Waals surface area (Å²) < 4.78 is 54.4. The molecule has 0 radical (unpaired) electrons. The summed E-state index contributed by atoms with van der Waals surface area (Å²) in [6, 6.07) is 7.46. The number of rotatable bonds is 4. The van der Waals surface area contributed by atoms with Crippen LogP contribution in [-0.2, 0) is 11.3 Å². The molecule has 0 spiro atoms. The van der Waals surface area contributed by atoms with Crippen molar-refractivity contribution in [3.63, 3.8) is 0 Å². The summed E-state index contributed by atoms with van der Waals surface area (Å²) >= 11 is 0. The molecule has 2 aromatic heterocycles. The van der Waals surface area contributed by atoms with Gasteiger partial charge in [-0.1, -0.05) is 18.2 Å². The van der Waals surface area contributed by atoms with Gasteiger partial charge in [0.2, 0.25) is 5.91 Å². The lowest BCUT2D eigenvalue weighted by molar-refractivity contribution is -0.138.